The predicted molar refractivity (Wildman–Crippen MR) is 88.8 cm³/mol. The molecule has 2 rings (SSSR count). The van der Waals surface area contributed by atoms with Crippen LogP contribution >= 0.6 is 15.9 Å². The van der Waals surface area contributed by atoms with Crippen molar-refractivity contribution in [2.75, 3.05) is 5.32 Å². The van der Waals surface area contributed by atoms with Gasteiger partial charge in [0.25, 0.3) is 5.69 Å². The predicted octanol–water partition coefficient (Wildman–Crippen LogP) is 4.89. The van der Waals surface area contributed by atoms with Gasteiger partial charge in [-0.15, -0.1) is 0 Å². The summed E-state index contributed by atoms with van der Waals surface area (Å²) in [7, 11) is 0. The summed E-state index contributed by atoms with van der Waals surface area (Å²) in [6, 6.07) is 9.43. The fourth-order valence-corrected chi connectivity index (χ4v) is 3.03. The molecule has 0 radical (unpaired) electrons. The normalized spacial score (nSPS) is 10.5. The molecule has 1 N–H and O–H groups in total. The van der Waals surface area contributed by atoms with E-state index in [2.05, 4.69) is 21.2 Å². The summed E-state index contributed by atoms with van der Waals surface area (Å²) in [5, 5.41) is 14.3. The SMILES string of the molecule is Cc1ccc(CNc2c(C)cc(Br)cc2C)cc1[N+](=O)[O-]. The number of hydrogen-bond acceptors (Lipinski definition) is 3. The van der Waals surface area contributed by atoms with Gasteiger partial charge in [0.05, 0.1) is 4.92 Å². The lowest BCUT2D eigenvalue weighted by atomic mass is 10.1. The Bertz CT molecular complexity index is 676. The Morgan fingerprint density at radius 2 is 1.71 bits per heavy atom. The highest BCUT2D eigenvalue weighted by molar-refractivity contribution is 9.10. The highest BCUT2D eigenvalue weighted by Crippen LogP contribution is 2.26. The molecule has 2 aromatic carbocycles. The van der Waals surface area contributed by atoms with Crippen molar-refractivity contribution < 1.29 is 4.92 Å². The van der Waals surface area contributed by atoms with E-state index in [1.54, 1.807) is 19.1 Å². The summed E-state index contributed by atoms with van der Waals surface area (Å²) in [5.41, 5.74) is 5.10. The zero-order valence-corrected chi connectivity index (χ0v) is 13.8. The van der Waals surface area contributed by atoms with Crippen molar-refractivity contribution in [3.8, 4) is 0 Å². The van der Waals surface area contributed by atoms with E-state index in [0.29, 0.717) is 12.1 Å². The van der Waals surface area contributed by atoms with Gasteiger partial charge in [-0.1, -0.05) is 28.1 Å². The fourth-order valence-electron chi connectivity index (χ4n) is 2.34. The number of benzene rings is 2. The second-order valence-electron chi connectivity index (χ2n) is 5.15. The largest absolute Gasteiger partial charge is 0.381 e. The lowest BCUT2D eigenvalue weighted by Crippen LogP contribution is -2.04. The molecule has 0 aliphatic carbocycles. The standard InChI is InChI=1S/C16H17BrN2O2/c1-10-4-5-13(8-15(10)19(20)21)9-18-16-11(2)6-14(17)7-12(16)3/h4-8,18H,9H2,1-3H3. The maximum Gasteiger partial charge on any atom is 0.272 e. The highest BCUT2D eigenvalue weighted by Gasteiger charge is 2.11. The van der Waals surface area contributed by atoms with Gasteiger partial charge in [-0.2, -0.15) is 0 Å². The van der Waals surface area contributed by atoms with E-state index in [4.69, 9.17) is 0 Å². The molecular formula is C16H17BrN2O2. The summed E-state index contributed by atoms with van der Waals surface area (Å²) >= 11 is 3.47. The average Bonchev–Trinajstić information content (AvgIpc) is 2.38. The number of nitro groups is 1. The van der Waals surface area contributed by atoms with Crippen LogP contribution in [-0.4, -0.2) is 4.92 Å². The number of hydrogen-bond donors (Lipinski definition) is 1. The van der Waals surface area contributed by atoms with Crippen molar-refractivity contribution in [1.29, 1.82) is 0 Å². The van der Waals surface area contributed by atoms with Gasteiger partial charge >= 0.3 is 0 Å². The van der Waals surface area contributed by atoms with Crippen LogP contribution < -0.4 is 5.32 Å². The quantitative estimate of drug-likeness (QED) is 0.631. The number of nitrogens with one attached hydrogen (secondary N) is 1. The number of halogens is 1. The van der Waals surface area contributed by atoms with E-state index >= 15 is 0 Å². The first-order valence-corrected chi connectivity index (χ1v) is 7.42. The van der Waals surface area contributed by atoms with Gasteiger partial charge in [-0.3, -0.25) is 10.1 Å². The van der Waals surface area contributed by atoms with Gasteiger partial charge in [0.15, 0.2) is 0 Å². The molecule has 0 saturated heterocycles. The monoisotopic (exact) mass is 348 g/mol. The molecule has 0 spiro atoms. The van der Waals surface area contributed by atoms with Crippen molar-refractivity contribution in [3.63, 3.8) is 0 Å². The van der Waals surface area contributed by atoms with Crippen molar-refractivity contribution in [3.05, 3.63) is 67.2 Å². The van der Waals surface area contributed by atoms with Crippen LogP contribution in [0.4, 0.5) is 11.4 Å². The third kappa shape index (κ3) is 3.61. The minimum atomic E-state index is -0.338. The summed E-state index contributed by atoms with van der Waals surface area (Å²) in [6.45, 7) is 6.39. The molecule has 0 bridgehead atoms. The van der Waals surface area contributed by atoms with Gasteiger partial charge in [-0.05, 0) is 49.6 Å². The molecule has 0 aliphatic rings. The first-order chi connectivity index (χ1) is 9.88. The number of nitrogens with zero attached hydrogens (tertiary/aromatic N) is 1. The van der Waals surface area contributed by atoms with Gasteiger partial charge in [0.1, 0.15) is 0 Å². The van der Waals surface area contributed by atoms with Crippen LogP contribution in [0.1, 0.15) is 22.3 Å². The molecule has 5 heteroatoms. The van der Waals surface area contributed by atoms with E-state index < -0.39 is 0 Å². The molecule has 0 fully saturated rings. The molecule has 0 atom stereocenters. The van der Waals surface area contributed by atoms with Crippen LogP contribution in [0.2, 0.25) is 0 Å². The Morgan fingerprint density at radius 3 is 2.29 bits per heavy atom. The van der Waals surface area contributed by atoms with Crippen LogP contribution in [0.5, 0.6) is 0 Å². The molecule has 0 saturated carbocycles. The van der Waals surface area contributed by atoms with E-state index in [1.165, 1.54) is 0 Å². The third-order valence-electron chi connectivity index (χ3n) is 3.44. The number of nitro benzene ring substituents is 1. The zero-order chi connectivity index (χ0) is 15.6. The van der Waals surface area contributed by atoms with Gasteiger partial charge < -0.3 is 5.32 Å². The number of aryl methyl sites for hydroxylation is 3. The molecule has 110 valence electrons. The minimum absolute atomic E-state index is 0.165. The van der Waals surface area contributed by atoms with E-state index in [1.807, 2.05) is 32.0 Å². The Kier molecular flexibility index (Phi) is 4.63. The Hall–Kier alpha value is -1.88. The van der Waals surface area contributed by atoms with Gasteiger partial charge in [0, 0.05) is 28.3 Å². The molecule has 0 aromatic heterocycles. The minimum Gasteiger partial charge on any atom is -0.381 e. The molecule has 2 aromatic rings. The molecule has 0 amide bonds. The summed E-state index contributed by atoms with van der Waals surface area (Å²) in [6.07, 6.45) is 0. The number of rotatable bonds is 4. The van der Waals surface area contributed by atoms with Crippen LogP contribution in [0, 0.1) is 30.9 Å². The molecule has 4 nitrogen and oxygen atoms in total. The van der Waals surface area contributed by atoms with Crippen LogP contribution in [0.3, 0.4) is 0 Å². The second kappa shape index (κ2) is 6.26. The van der Waals surface area contributed by atoms with Gasteiger partial charge in [0.2, 0.25) is 0 Å². The summed E-state index contributed by atoms with van der Waals surface area (Å²) in [5.74, 6) is 0. The molecule has 0 aliphatic heterocycles. The van der Waals surface area contributed by atoms with Crippen molar-refractivity contribution in [1.82, 2.24) is 0 Å². The highest BCUT2D eigenvalue weighted by atomic mass is 79.9. The van der Waals surface area contributed by atoms with Crippen molar-refractivity contribution >= 4 is 27.3 Å². The fraction of sp³-hybridized carbons (Fsp3) is 0.250. The first kappa shape index (κ1) is 15.5. The van der Waals surface area contributed by atoms with Gasteiger partial charge in [-0.25, -0.2) is 0 Å². The topological polar surface area (TPSA) is 55.2 Å². The van der Waals surface area contributed by atoms with Crippen molar-refractivity contribution in [2.45, 2.75) is 27.3 Å². The van der Waals surface area contributed by atoms with Crippen LogP contribution in [-0.2, 0) is 6.54 Å². The molecule has 21 heavy (non-hydrogen) atoms. The molecular weight excluding hydrogens is 332 g/mol. The first-order valence-electron chi connectivity index (χ1n) is 6.63. The lowest BCUT2D eigenvalue weighted by Gasteiger charge is -2.13. The molecule has 0 unspecified atom stereocenters. The van der Waals surface area contributed by atoms with E-state index in [0.717, 1.165) is 26.9 Å². The van der Waals surface area contributed by atoms with Crippen LogP contribution in [0.15, 0.2) is 34.8 Å². The Labute approximate surface area is 132 Å². The number of anilines is 1. The second-order valence-corrected chi connectivity index (χ2v) is 6.06. The van der Waals surface area contributed by atoms with Crippen molar-refractivity contribution in [2.24, 2.45) is 0 Å². The lowest BCUT2D eigenvalue weighted by molar-refractivity contribution is -0.385. The summed E-state index contributed by atoms with van der Waals surface area (Å²) < 4.78 is 1.05. The summed E-state index contributed by atoms with van der Waals surface area (Å²) in [4.78, 5) is 10.6. The van der Waals surface area contributed by atoms with Crippen LogP contribution in [0.25, 0.3) is 0 Å². The zero-order valence-electron chi connectivity index (χ0n) is 12.2. The average molecular weight is 349 g/mol. The Balaban J connectivity index is 2.21. The maximum atomic E-state index is 11.0. The van der Waals surface area contributed by atoms with E-state index in [9.17, 15) is 10.1 Å². The molecule has 0 heterocycles. The van der Waals surface area contributed by atoms with E-state index in [-0.39, 0.29) is 10.6 Å². The Morgan fingerprint density at radius 1 is 1.10 bits per heavy atom. The third-order valence-corrected chi connectivity index (χ3v) is 3.89. The maximum absolute atomic E-state index is 11.0. The smallest absolute Gasteiger partial charge is 0.272 e.